The lowest BCUT2D eigenvalue weighted by molar-refractivity contribution is 0.0938. The molecule has 2 N–H and O–H groups in total. The highest BCUT2D eigenvalue weighted by atomic mass is 35.5. The zero-order valence-corrected chi connectivity index (χ0v) is 15.4. The number of rotatable bonds is 11. The van der Waals surface area contributed by atoms with E-state index in [9.17, 15) is 4.39 Å². The summed E-state index contributed by atoms with van der Waals surface area (Å²) in [5, 5.41) is 12.2. The van der Waals surface area contributed by atoms with Gasteiger partial charge in [0.15, 0.2) is 11.5 Å². The minimum absolute atomic E-state index is 0.0296. The van der Waals surface area contributed by atoms with Crippen LogP contribution in [0.5, 0.6) is 11.5 Å². The maximum atomic E-state index is 13.1. The highest BCUT2D eigenvalue weighted by Crippen LogP contribution is 2.29. The summed E-state index contributed by atoms with van der Waals surface area (Å²) in [6.45, 7) is 2.47. The van der Waals surface area contributed by atoms with Crippen molar-refractivity contribution in [3.05, 3.63) is 58.4 Å². The van der Waals surface area contributed by atoms with Gasteiger partial charge in [-0.25, -0.2) is 4.39 Å². The molecule has 2 rings (SSSR count). The second-order valence-electron chi connectivity index (χ2n) is 5.52. The lowest BCUT2D eigenvalue weighted by Crippen LogP contribution is -2.20. The Kier molecular flexibility index (Phi) is 8.64. The predicted molar refractivity (Wildman–Crippen MR) is 98.3 cm³/mol. The molecule has 142 valence electrons. The van der Waals surface area contributed by atoms with E-state index < -0.39 is 0 Å². The summed E-state index contributed by atoms with van der Waals surface area (Å²) in [6, 6.07) is 9.86. The maximum absolute atomic E-state index is 13.1. The molecule has 0 amide bonds. The molecule has 2 aromatic carbocycles. The number of halogens is 2. The van der Waals surface area contributed by atoms with Gasteiger partial charge < -0.3 is 24.6 Å². The zero-order valence-electron chi connectivity index (χ0n) is 14.6. The van der Waals surface area contributed by atoms with Gasteiger partial charge in [0.2, 0.25) is 0 Å². The van der Waals surface area contributed by atoms with Crippen LogP contribution in [0.15, 0.2) is 36.4 Å². The number of aliphatic hydroxyl groups excluding tert-OH is 1. The van der Waals surface area contributed by atoms with Crippen LogP contribution in [-0.4, -0.2) is 38.6 Å². The Morgan fingerprint density at radius 2 is 1.96 bits per heavy atom. The van der Waals surface area contributed by atoms with Crippen LogP contribution in [-0.2, 0) is 17.9 Å². The molecule has 5 nitrogen and oxygen atoms in total. The Bertz CT molecular complexity index is 699. The van der Waals surface area contributed by atoms with Gasteiger partial charge in [0, 0.05) is 18.7 Å². The average Bonchev–Trinajstić information content (AvgIpc) is 2.64. The first-order valence-electron chi connectivity index (χ1n) is 8.27. The van der Waals surface area contributed by atoms with Crippen molar-refractivity contribution in [1.82, 2.24) is 5.32 Å². The molecule has 7 heteroatoms. The molecular weight excluding hydrogens is 361 g/mol. The van der Waals surface area contributed by atoms with Gasteiger partial charge in [0.05, 0.1) is 32.0 Å². The van der Waals surface area contributed by atoms with E-state index in [1.165, 1.54) is 12.1 Å². The van der Waals surface area contributed by atoms with Crippen LogP contribution >= 0.6 is 11.6 Å². The van der Waals surface area contributed by atoms with Crippen molar-refractivity contribution in [2.24, 2.45) is 0 Å². The van der Waals surface area contributed by atoms with E-state index >= 15 is 0 Å². The summed E-state index contributed by atoms with van der Waals surface area (Å²) < 4.78 is 29.4. The van der Waals surface area contributed by atoms with Gasteiger partial charge in [0.25, 0.3) is 0 Å². The number of aliphatic hydroxyl groups is 1. The first-order chi connectivity index (χ1) is 12.6. The topological polar surface area (TPSA) is 60.0 Å². The second kappa shape index (κ2) is 11.0. The molecule has 0 bridgehead atoms. The van der Waals surface area contributed by atoms with Gasteiger partial charge in [-0.2, -0.15) is 0 Å². The van der Waals surface area contributed by atoms with Crippen LogP contribution in [0.3, 0.4) is 0 Å². The highest BCUT2D eigenvalue weighted by Gasteiger charge is 2.08. The van der Waals surface area contributed by atoms with Crippen molar-refractivity contribution >= 4 is 11.6 Å². The normalized spacial score (nSPS) is 10.8. The van der Waals surface area contributed by atoms with Crippen LogP contribution < -0.4 is 14.8 Å². The molecule has 0 atom stereocenters. The summed E-state index contributed by atoms with van der Waals surface area (Å²) in [4.78, 5) is 0. The summed E-state index contributed by atoms with van der Waals surface area (Å²) in [5.41, 5.74) is 1.74. The van der Waals surface area contributed by atoms with Crippen LogP contribution in [0.1, 0.15) is 11.1 Å². The molecule has 0 aliphatic rings. The number of hydrogen-bond donors (Lipinski definition) is 2. The van der Waals surface area contributed by atoms with Crippen LogP contribution in [0.25, 0.3) is 0 Å². The molecule has 0 fully saturated rings. The van der Waals surface area contributed by atoms with Gasteiger partial charge in [-0.1, -0.05) is 23.7 Å². The van der Waals surface area contributed by atoms with E-state index in [0.717, 1.165) is 5.56 Å². The monoisotopic (exact) mass is 383 g/mol. The van der Waals surface area contributed by atoms with E-state index in [0.29, 0.717) is 48.4 Å². The SMILES string of the molecule is COc1cc(CNCCOCCO)ccc1OCc1ccc(F)cc1Cl. The van der Waals surface area contributed by atoms with Crippen LogP contribution in [0.2, 0.25) is 5.02 Å². The molecule has 0 radical (unpaired) electrons. The van der Waals surface area contributed by atoms with Crippen molar-refractivity contribution in [3.63, 3.8) is 0 Å². The van der Waals surface area contributed by atoms with E-state index in [4.69, 9.17) is 30.9 Å². The molecule has 0 saturated carbocycles. The summed E-state index contributed by atoms with van der Waals surface area (Å²) in [6.07, 6.45) is 0. The number of benzene rings is 2. The molecule has 0 unspecified atom stereocenters. The lowest BCUT2D eigenvalue weighted by atomic mass is 10.2. The van der Waals surface area contributed by atoms with E-state index in [1.54, 1.807) is 13.2 Å². The molecule has 2 aromatic rings. The van der Waals surface area contributed by atoms with Gasteiger partial charge in [-0.15, -0.1) is 0 Å². The van der Waals surface area contributed by atoms with E-state index in [2.05, 4.69) is 5.32 Å². The summed E-state index contributed by atoms with van der Waals surface area (Å²) >= 11 is 6.01. The molecule has 0 aliphatic carbocycles. The van der Waals surface area contributed by atoms with E-state index in [-0.39, 0.29) is 19.0 Å². The molecule has 0 heterocycles. The lowest BCUT2D eigenvalue weighted by Gasteiger charge is -2.13. The molecule has 0 saturated heterocycles. The Hall–Kier alpha value is -1.86. The highest BCUT2D eigenvalue weighted by molar-refractivity contribution is 6.31. The Morgan fingerprint density at radius 3 is 2.69 bits per heavy atom. The fraction of sp³-hybridized carbons (Fsp3) is 0.368. The Morgan fingerprint density at radius 1 is 1.12 bits per heavy atom. The minimum Gasteiger partial charge on any atom is -0.493 e. The average molecular weight is 384 g/mol. The van der Waals surface area contributed by atoms with Crippen LogP contribution in [0, 0.1) is 5.82 Å². The van der Waals surface area contributed by atoms with Gasteiger partial charge >= 0.3 is 0 Å². The number of hydrogen-bond acceptors (Lipinski definition) is 5. The van der Waals surface area contributed by atoms with Gasteiger partial charge in [0.1, 0.15) is 12.4 Å². The Balaban J connectivity index is 1.89. The fourth-order valence-electron chi connectivity index (χ4n) is 2.28. The minimum atomic E-state index is -0.380. The molecule has 0 spiro atoms. The number of nitrogens with one attached hydrogen (secondary N) is 1. The molecule has 26 heavy (non-hydrogen) atoms. The maximum Gasteiger partial charge on any atom is 0.161 e. The Labute approximate surface area is 157 Å². The van der Waals surface area contributed by atoms with Gasteiger partial charge in [-0.3, -0.25) is 0 Å². The molecule has 0 aliphatic heterocycles. The first kappa shape index (κ1) is 20.5. The number of ether oxygens (including phenoxy) is 3. The van der Waals surface area contributed by atoms with Crippen molar-refractivity contribution in [1.29, 1.82) is 0 Å². The quantitative estimate of drug-likeness (QED) is 0.584. The van der Waals surface area contributed by atoms with Crippen molar-refractivity contribution in [3.8, 4) is 11.5 Å². The van der Waals surface area contributed by atoms with Gasteiger partial charge in [-0.05, 0) is 29.8 Å². The summed E-state index contributed by atoms with van der Waals surface area (Å²) in [5.74, 6) is 0.817. The third-order valence-corrected chi connectivity index (χ3v) is 3.97. The predicted octanol–water partition coefficient (Wildman–Crippen LogP) is 3.17. The molecule has 0 aromatic heterocycles. The third-order valence-electron chi connectivity index (χ3n) is 3.61. The second-order valence-corrected chi connectivity index (χ2v) is 5.93. The third kappa shape index (κ3) is 6.46. The van der Waals surface area contributed by atoms with Crippen molar-refractivity contribution in [2.75, 3.05) is 33.5 Å². The zero-order chi connectivity index (χ0) is 18.8. The smallest absolute Gasteiger partial charge is 0.161 e. The standard InChI is InChI=1S/C19H23ClFNO4/c1-24-19-10-14(12-22-6-8-25-9-7-23)2-5-18(19)26-13-15-3-4-16(21)11-17(15)20/h2-5,10-11,22-23H,6-9,12-13H2,1H3. The van der Waals surface area contributed by atoms with E-state index in [1.807, 2.05) is 18.2 Å². The van der Waals surface area contributed by atoms with Crippen molar-refractivity contribution < 1.29 is 23.7 Å². The molecular formula is C19H23ClFNO4. The largest absolute Gasteiger partial charge is 0.493 e. The fourth-order valence-corrected chi connectivity index (χ4v) is 2.50. The summed E-state index contributed by atoms with van der Waals surface area (Å²) in [7, 11) is 1.58. The first-order valence-corrected chi connectivity index (χ1v) is 8.64. The number of methoxy groups -OCH3 is 1. The van der Waals surface area contributed by atoms with Crippen LogP contribution in [0.4, 0.5) is 4.39 Å². The van der Waals surface area contributed by atoms with Crippen molar-refractivity contribution in [2.45, 2.75) is 13.2 Å².